The number of esters is 3. The summed E-state index contributed by atoms with van der Waals surface area (Å²) in [5.41, 5.74) is 2.01. The van der Waals surface area contributed by atoms with E-state index in [1.807, 2.05) is 91.0 Å². The van der Waals surface area contributed by atoms with Crippen molar-refractivity contribution in [2.75, 3.05) is 52.6 Å². The van der Waals surface area contributed by atoms with Crippen LogP contribution >= 0.6 is 0 Å². The quantitative estimate of drug-likeness (QED) is 0.0218. The molecule has 3 aliphatic heterocycles. The molecule has 22 nitrogen and oxygen atoms in total. The van der Waals surface area contributed by atoms with E-state index in [-0.39, 0.29) is 80.3 Å². The molecule has 0 saturated carbocycles. The Morgan fingerprint density at radius 1 is 0.534 bits per heavy atom. The third-order valence-electron chi connectivity index (χ3n) is 15.0. The lowest BCUT2D eigenvalue weighted by molar-refractivity contribution is -0.385. The van der Waals surface area contributed by atoms with Crippen LogP contribution in [0, 0.1) is 16.0 Å². The van der Waals surface area contributed by atoms with Crippen LogP contribution in [0.25, 0.3) is 0 Å². The Kier molecular flexibility index (Phi) is 22.6. The van der Waals surface area contributed by atoms with E-state index < -0.39 is 109 Å². The second kappa shape index (κ2) is 31.3. The average Bonchev–Trinajstić information content (AvgIpc) is 1.10. The molecule has 0 bridgehead atoms. The van der Waals surface area contributed by atoms with Gasteiger partial charge in [-0.1, -0.05) is 134 Å². The molecule has 3 saturated heterocycles. The number of hydrogen-bond acceptors (Lipinski definition) is 19. The molecule has 3 heterocycles. The lowest BCUT2D eigenvalue weighted by Crippen LogP contribution is -2.65. The molecule has 22 heteroatoms. The topological polar surface area (TPSA) is 254 Å². The zero-order valence-corrected chi connectivity index (χ0v) is 48.8. The molecular formula is C66H69N3O19. The summed E-state index contributed by atoms with van der Waals surface area (Å²) >= 11 is 0. The molecule has 0 radical (unpaired) electrons. The van der Waals surface area contributed by atoms with Crippen LogP contribution in [0.5, 0.6) is 5.75 Å². The molecule has 4 unspecified atom stereocenters. The molecule has 462 valence electrons. The second-order valence-corrected chi connectivity index (χ2v) is 21.3. The molecule has 6 aromatic rings. The van der Waals surface area contributed by atoms with Crippen molar-refractivity contribution < 1.29 is 85.8 Å². The number of nitrogens with zero attached hydrogens (tertiary/aromatic N) is 3. The Balaban J connectivity index is 1.06. The minimum atomic E-state index is -1.56. The standard InChI is InChI=1S/C66H69N3O19/c1-43(70)36-78-40-54-57(81-37-46-19-9-4-10-20-46)44(2)58(86-63(74)49-25-15-7-16-26-49)66(85-54)88-60-59(82-38-47-21-11-5-12-22-47)55(84-65(83-39-48-23-13-6-14-24-48)61(60)87-64(75)50-27-17-8-18-28-50)41-80-56(72)42-79-53-30-29-51(35-52(53)69(76)77)62(73)68-33-31-67(32-34-68)45(3)71/h4-30,35,44,54-55,57-61,65-66H,31-34,36-42H2,1-3H3/t44-,54?,55?,57+,58?,59+,60-,61?,65+,66-/m0/s1. The lowest BCUT2D eigenvalue weighted by Gasteiger charge is -2.49. The van der Waals surface area contributed by atoms with Crippen molar-refractivity contribution in [2.45, 2.75) is 95.9 Å². The summed E-state index contributed by atoms with van der Waals surface area (Å²) in [6.07, 6.45) is -12.0. The van der Waals surface area contributed by atoms with Crippen molar-refractivity contribution in [1.82, 2.24) is 9.80 Å². The van der Waals surface area contributed by atoms with Gasteiger partial charge in [-0.3, -0.25) is 24.5 Å². The number of carbonyl (C=O) groups is 6. The number of nitro groups is 1. The zero-order chi connectivity index (χ0) is 61.9. The molecular weight excluding hydrogens is 1140 g/mol. The smallest absolute Gasteiger partial charge is 0.344 e. The predicted octanol–water partition coefficient (Wildman–Crippen LogP) is 7.74. The number of rotatable bonds is 26. The molecule has 0 spiro atoms. The molecule has 2 amide bonds. The maximum Gasteiger partial charge on any atom is 0.344 e. The highest BCUT2D eigenvalue weighted by Gasteiger charge is 2.55. The van der Waals surface area contributed by atoms with Gasteiger partial charge in [0.15, 0.2) is 42.9 Å². The van der Waals surface area contributed by atoms with Crippen LogP contribution in [0.1, 0.15) is 68.5 Å². The first-order chi connectivity index (χ1) is 42.7. The van der Waals surface area contributed by atoms with Gasteiger partial charge in [0, 0.05) is 50.7 Å². The minimum Gasteiger partial charge on any atom is -0.475 e. The van der Waals surface area contributed by atoms with Gasteiger partial charge in [0.25, 0.3) is 5.91 Å². The first-order valence-electron chi connectivity index (χ1n) is 28.8. The summed E-state index contributed by atoms with van der Waals surface area (Å²) in [4.78, 5) is 95.2. The van der Waals surface area contributed by atoms with E-state index in [1.165, 1.54) is 30.9 Å². The number of benzene rings is 6. The Morgan fingerprint density at radius 3 is 1.56 bits per heavy atom. The number of piperazine rings is 1. The number of ketones is 1. The number of carbonyl (C=O) groups excluding carboxylic acids is 6. The van der Waals surface area contributed by atoms with Crippen molar-refractivity contribution >= 4 is 41.2 Å². The average molecular weight is 1210 g/mol. The minimum absolute atomic E-state index is 0.00395. The fraction of sp³-hybridized carbons (Fsp3) is 0.364. The monoisotopic (exact) mass is 1210 g/mol. The van der Waals surface area contributed by atoms with E-state index in [0.717, 1.165) is 11.6 Å². The maximum atomic E-state index is 14.5. The van der Waals surface area contributed by atoms with E-state index >= 15 is 0 Å². The summed E-state index contributed by atoms with van der Waals surface area (Å²) in [5, 5.41) is 12.4. The van der Waals surface area contributed by atoms with Gasteiger partial charge >= 0.3 is 23.6 Å². The largest absolute Gasteiger partial charge is 0.475 e. The summed E-state index contributed by atoms with van der Waals surface area (Å²) in [7, 11) is 0. The van der Waals surface area contributed by atoms with Gasteiger partial charge in [0.1, 0.15) is 37.6 Å². The molecule has 6 aromatic carbocycles. The van der Waals surface area contributed by atoms with Crippen LogP contribution in [0.4, 0.5) is 5.69 Å². The zero-order valence-electron chi connectivity index (χ0n) is 48.8. The predicted molar refractivity (Wildman–Crippen MR) is 313 cm³/mol. The number of Topliss-reactive ketones (excluding diaryl/α,β-unsaturated/α-hetero) is 1. The Labute approximate surface area is 508 Å². The summed E-state index contributed by atoms with van der Waals surface area (Å²) in [5.74, 6) is -4.49. The first kappa shape index (κ1) is 63.8. The van der Waals surface area contributed by atoms with Gasteiger partial charge in [-0.25, -0.2) is 14.4 Å². The fourth-order valence-electron chi connectivity index (χ4n) is 10.4. The first-order valence-corrected chi connectivity index (χ1v) is 28.8. The Bertz CT molecular complexity index is 3280. The van der Waals surface area contributed by atoms with Crippen molar-refractivity contribution in [1.29, 1.82) is 0 Å². The van der Waals surface area contributed by atoms with E-state index in [9.17, 15) is 38.9 Å². The van der Waals surface area contributed by atoms with E-state index in [2.05, 4.69) is 0 Å². The molecule has 0 aromatic heterocycles. The number of hydrogen-bond donors (Lipinski definition) is 0. The summed E-state index contributed by atoms with van der Waals surface area (Å²) < 4.78 is 71.2. The third kappa shape index (κ3) is 17.3. The summed E-state index contributed by atoms with van der Waals surface area (Å²) in [6, 6.07) is 47.6. The van der Waals surface area contributed by atoms with Crippen molar-refractivity contribution in [3.05, 3.63) is 213 Å². The van der Waals surface area contributed by atoms with Gasteiger partial charge in [-0.05, 0) is 60.0 Å². The number of amides is 2. The molecule has 9 rings (SSSR count). The fourth-order valence-corrected chi connectivity index (χ4v) is 10.4. The van der Waals surface area contributed by atoms with Crippen molar-refractivity contribution in [2.24, 2.45) is 5.92 Å². The molecule has 3 aliphatic rings. The molecule has 3 fully saturated rings. The number of nitro benzene ring substituents is 1. The molecule has 0 N–H and O–H groups in total. The highest BCUT2D eigenvalue weighted by Crippen LogP contribution is 2.38. The second-order valence-electron chi connectivity index (χ2n) is 21.3. The summed E-state index contributed by atoms with van der Waals surface area (Å²) in [6.45, 7) is 3.69. The number of ether oxygens (including phenoxy) is 11. The van der Waals surface area contributed by atoms with Crippen LogP contribution < -0.4 is 4.74 Å². The molecule has 88 heavy (non-hydrogen) atoms. The van der Waals surface area contributed by atoms with Crippen molar-refractivity contribution in [3.63, 3.8) is 0 Å². The SMILES string of the molecule is CC(=O)COCC1O[C@@H](O[C@@H]2C(OC(=O)c3ccccc3)[C@H](OCc3ccccc3)OC(COC(=O)COc3ccc(C(=O)N4CCN(C(C)=O)CC4)cc3[N+](=O)[O-])[C@H]2OCc2ccccc2)C(OC(=O)c2ccccc2)[C@@H](C)[C@H]1OCc1ccccc1. The van der Waals surface area contributed by atoms with Crippen LogP contribution in [0.2, 0.25) is 0 Å². The Morgan fingerprint density at radius 2 is 1.02 bits per heavy atom. The van der Waals surface area contributed by atoms with E-state index in [4.69, 9.17) is 52.1 Å². The normalized spacial score (nSPS) is 22.6. The molecule has 0 aliphatic carbocycles. The lowest BCUT2D eigenvalue weighted by atomic mass is 9.89. The van der Waals surface area contributed by atoms with Crippen LogP contribution in [0.15, 0.2) is 170 Å². The van der Waals surface area contributed by atoms with Crippen LogP contribution in [-0.4, -0.2) is 158 Å². The van der Waals surface area contributed by atoms with Gasteiger partial charge in [0.2, 0.25) is 5.91 Å². The van der Waals surface area contributed by atoms with E-state index in [0.29, 0.717) is 24.2 Å². The van der Waals surface area contributed by atoms with Crippen LogP contribution in [-0.2, 0) is 81.6 Å². The van der Waals surface area contributed by atoms with Gasteiger partial charge < -0.3 is 61.9 Å². The maximum absolute atomic E-state index is 14.5. The van der Waals surface area contributed by atoms with Gasteiger partial charge in [0.05, 0.1) is 48.6 Å². The highest BCUT2D eigenvalue weighted by molar-refractivity contribution is 5.95. The third-order valence-corrected chi connectivity index (χ3v) is 15.0. The van der Waals surface area contributed by atoms with E-state index in [1.54, 1.807) is 72.5 Å². The Hall–Kier alpha value is -8.74. The van der Waals surface area contributed by atoms with Gasteiger partial charge in [-0.15, -0.1) is 0 Å². The van der Waals surface area contributed by atoms with Crippen LogP contribution in [0.3, 0.4) is 0 Å². The highest BCUT2D eigenvalue weighted by atomic mass is 16.8. The molecule has 10 atom stereocenters. The van der Waals surface area contributed by atoms with Crippen molar-refractivity contribution in [3.8, 4) is 5.75 Å². The van der Waals surface area contributed by atoms with Gasteiger partial charge in [-0.2, -0.15) is 0 Å².